The Morgan fingerprint density at radius 2 is 1.89 bits per heavy atom. The number of piperidine rings is 1. The third-order valence-corrected chi connectivity index (χ3v) is 5.50. The highest BCUT2D eigenvalue weighted by Gasteiger charge is 2.22. The second-order valence-electron chi connectivity index (χ2n) is 7.40. The third-order valence-electron chi connectivity index (χ3n) is 5.50. The first kappa shape index (κ1) is 18.7. The molecule has 146 valence electrons. The van der Waals surface area contributed by atoms with Crippen molar-refractivity contribution in [3.05, 3.63) is 76.0 Å². The Hall–Kier alpha value is -2.66. The Bertz CT molecular complexity index is 1010. The van der Waals surface area contributed by atoms with Crippen molar-refractivity contribution in [1.82, 2.24) is 9.88 Å². The summed E-state index contributed by atoms with van der Waals surface area (Å²) in [4.78, 5) is 17.1. The van der Waals surface area contributed by atoms with Gasteiger partial charge in [0.2, 0.25) is 0 Å². The molecule has 1 saturated heterocycles. The van der Waals surface area contributed by atoms with Gasteiger partial charge in [-0.2, -0.15) is 0 Å². The van der Waals surface area contributed by atoms with Gasteiger partial charge in [-0.25, -0.2) is 4.39 Å². The SMILES string of the molecule is CCc1c[nH]c(=O)c2cc(F)c(OC3CCN(Cc4ccccc4)CC3)cc12. The zero-order valence-electron chi connectivity index (χ0n) is 16.1. The molecule has 1 aromatic heterocycles. The molecule has 2 aromatic carbocycles. The van der Waals surface area contributed by atoms with Crippen LogP contribution in [0.3, 0.4) is 0 Å². The molecule has 4 rings (SSSR count). The largest absolute Gasteiger partial charge is 0.487 e. The fraction of sp³-hybridized carbons (Fsp3) is 0.348. The normalized spacial score (nSPS) is 15.8. The van der Waals surface area contributed by atoms with Crippen LogP contribution >= 0.6 is 0 Å². The van der Waals surface area contributed by atoms with Gasteiger partial charge < -0.3 is 9.72 Å². The molecular weight excluding hydrogens is 355 g/mol. The molecule has 2 heterocycles. The maximum absolute atomic E-state index is 14.6. The number of H-pyrrole nitrogens is 1. The van der Waals surface area contributed by atoms with Crippen LogP contribution in [0.25, 0.3) is 10.8 Å². The van der Waals surface area contributed by atoms with E-state index in [1.54, 1.807) is 12.3 Å². The van der Waals surface area contributed by atoms with E-state index in [0.717, 1.165) is 49.8 Å². The molecule has 1 fully saturated rings. The molecule has 28 heavy (non-hydrogen) atoms. The molecule has 0 saturated carbocycles. The highest BCUT2D eigenvalue weighted by molar-refractivity contribution is 5.86. The van der Waals surface area contributed by atoms with Gasteiger partial charge in [0.1, 0.15) is 6.10 Å². The average molecular weight is 380 g/mol. The zero-order valence-corrected chi connectivity index (χ0v) is 16.1. The lowest BCUT2D eigenvalue weighted by Gasteiger charge is -2.32. The van der Waals surface area contributed by atoms with Crippen molar-refractivity contribution in [2.45, 2.75) is 38.8 Å². The predicted molar refractivity (Wildman–Crippen MR) is 109 cm³/mol. The zero-order chi connectivity index (χ0) is 19.5. The van der Waals surface area contributed by atoms with Crippen LogP contribution in [-0.4, -0.2) is 29.1 Å². The van der Waals surface area contributed by atoms with Gasteiger partial charge in [-0.3, -0.25) is 9.69 Å². The van der Waals surface area contributed by atoms with Crippen LogP contribution in [0.4, 0.5) is 4.39 Å². The topological polar surface area (TPSA) is 45.3 Å². The van der Waals surface area contributed by atoms with E-state index in [1.807, 2.05) is 13.0 Å². The molecule has 1 aliphatic rings. The monoisotopic (exact) mass is 380 g/mol. The number of rotatable bonds is 5. The van der Waals surface area contributed by atoms with Crippen LogP contribution in [0.5, 0.6) is 5.75 Å². The van der Waals surface area contributed by atoms with E-state index in [0.29, 0.717) is 5.39 Å². The first-order valence-corrected chi connectivity index (χ1v) is 9.91. The van der Waals surface area contributed by atoms with E-state index in [2.05, 4.69) is 34.1 Å². The van der Waals surface area contributed by atoms with Crippen LogP contribution in [0.2, 0.25) is 0 Å². The summed E-state index contributed by atoms with van der Waals surface area (Å²) in [5.74, 6) is -0.229. The molecule has 1 aliphatic heterocycles. The number of hydrogen-bond acceptors (Lipinski definition) is 3. The van der Waals surface area contributed by atoms with Crippen LogP contribution in [0.1, 0.15) is 30.9 Å². The predicted octanol–water partition coefficient (Wildman–Crippen LogP) is 4.27. The van der Waals surface area contributed by atoms with Crippen molar-refractivity contribution in [1.29, 1.82) is 0 Å². The number of aromatic nitrogens is 1. The number of nitrogens with one attached hydrogen (secondary N) is 1. The van der Waals surface area contributed by atoms with Crippen molar-refractivity contribution in [3.8, 4) is 5.75 Å². The number of ether oxygens (including phenoxy) is 1. The number of halogens is 1. The Balaban J connectivity index is 1.46. The van der Waals surface area contributed by atoms with Crippen molar-refractivity contribution in [2.75, 3.05) is 13.1 Å². The summed E-state index contributed by atoms with van der Waals surface area (Å²) in [5, 5.41) is 1.14. The quantitative estimate of drug-likeness (QED) is 0.719. The summed E-state index contributed by atoms with van der Waals surface area (Å²) in [6, 6.07) is 13.4. The van der Waals surface area contributed by atoms with Gasteiger partial charge in [-0.15, -0.1) is 0 Å². The number of nitrogens with zero attached hydrogens (tertiary/aromatic N) is 1. The standard InChI is InChI=1S/C23H25FN2O2/c1-2-17-14-25-23(27)20-12-21(24)22(13-19(17)20)28-18-8-10-26(11-9-18)15-16-6-4-3-5-7-16/h3-7,12-14,18H,2,8-11,15H2,1H3,(H,25,27). The number of aryl methyl sites for hydroxylation is 1. The minimum atomic E-state index is -0.474. The first-order valence-electron chi connectivity index (χ1n) is 9.91. The summed E-state index contributed by atoms with van der Waals surface area (Å²) in [6.07, 6.45) is 4.18. The molecular formula is C23H25FN2O2. The molecule has 0 bridgehead atoms. The number of aromatic amines is 1. The van der Waals surface area contributed by atoms with Gasteiger partial charge in [-0.05, 0) is 47.9 Å². The summed E-state index contributed by atoms with van der Waals surface area (Å²) < 4.78 is 20.6. The Morgan fingerprint density at radius 3 is 2.61 bits per heavy atom. The summed E-state index contributed by atoms with van der Waals surface area (Å²) >= 11 is 0. The van der Waals surface area contributed by atoms with E-state index in [-0.39, 0.29) is 17.4 Å². The number of fused-ring (bicyclic) bond motifs is 1. The average Bonchev–Trinajstić information content (AvgIpc) is 2.72. The molecule has 0 unspecified atom stereocenters. The van der Waals surface area contributed by atoms with E-state index in [9.17, 15) is 9.18 Å². The van der Waals surface area contributed by atoms with Crippen molar-refractivity contribution in [3.63, 3.8) is 0 Å². The van der Waals surface area contributed by atoms with E-state index in [1.165, 1.54) is 11.6 Å². The molecule has 1 N–H and O–H groups in total. The lowest BCUT2D eigenvalue weighted by atomic mass is 10.0. The van der Waals surface area contributed by atoms with Gasteiger partial charge in [-0.1, -0.05) is 37.3 Å². The number of likely N-dealkylation sites (tertiary alicyclic amines) is 1. The number of hydrogen-bond donors (Lipinski definition) is 1. The summed E-state index contributed by atoms with van der Waals surface area (Å²) in [7, 11) is 0. The van der Waals surface area contributed by atoms with Crippen molar-refractivity contribution >= 4 is 10.8 Å². The Morgan fingerprint density at radius 1 is 1.14 bits per heavy atom. The highest BCUT2D eigenvalue weighted by Crippen LogP contribution is 2.28. The molecule has 3 aromatic rings. The summed E-state index contributed by atoms with van der Waals surface area (Å²) in [6.45, 7) is 4.79. The van der Waals surface area contributed by atoms with Gasteiger partial charge in [0, 0.05) is 25.8 Å². The third kappa shape index (κ3) is 3.94. The van der Waals surface area contributed by atoms with Gasteiger partial charge in [0.15, 0.2) is 11.6 Å². The molecule has 0 aliphatic carbocycles. The Labute approximate surface area is 164 Å². The summed E-state index contributed by atoms with van der Waals surface area (Å²) in [5.41, 5.74) is 2.02. The maximum Gasteiger partial charge on any atom is 0.255 e. The van der Waals surface area contributed by atoms with Crippen LogP contribution in [0, 0.1) is 5.82 Å². The minimum absolute atomic E-state index is 0.00829. The number of pyridine rings is 1. The van der Waals surface area contributed by atoms with Gasteiger partial charge in [0.05, 0.1) is 5.39 Å². The van der Waals surface area contributed by atoms with E-state index >= 15 is 0 Å². The fourth-order valence-electron chi connectivity index (χ4n) is 3.90. The number of benzene rings is 2. The minimum Gasteiger partial charge on any atom is -0.487 e. The fourth-order valence-corrected chi connectivity index (χ4v) is 3.90. The van der Waals surface area contributed by atoms with E-state index < -0.39 is 5.82 Å². The first-order chi connectivity index (χ1) is 13.6. The lowest BCUT2D eigenvalue weighted by molar-refractivity contribution is 0.0937. The molecule has 5 heteroatoms. The van der Waals surface area contributed by atoms with Gasteiger partial charge in [0.25, 0.3) is 5.56 Å². The maximum atomic E-state index is 14.6. The lowest BCUT2D eigenvalue weighted by Crippen LogP contribution is -2.37. The van der Waals surface area contributed by atoms with Crippen LogP contribution in [0.15, 0.2) is 53.5 Å². The highest BCUT2D eigenvalue weighted by atomic mass is 19.1. The second kappa shape index (κ2) is 8.15. The van der Waals surface area contributed by atoms with Gasteiger partial charge >= 0.3 is 0 Å². The molecule has 0 amide bonds. The Kier molecular flexibility index (Phi) is 5.44. The molecule has 0 spiro atoms. The van der Waals surface area contributed by atoms with Crippen LogP contribution < -0.4 is 10.3 Å². The second-order valence-corrected chi connectivity index (χ2v) is 7.40. The van der Waals surface area contributed by atoms with E-state index in [4.69, 9.17) is 4.74 Å². The smallest absolute Gasteiger partial charge is 0.255 e. The van der Waals surface area contributed by atoms with Crippen molar-refractivity contribution < 1.29 is 9.13 Å². The molecule has 0 radical (unpaired) electrons. The van der Waals surface area contributed by atoms with Crippen LogP contribution in [-0.2, 0) is 13.0 Å². The van der Waals surface area contributed by atoms with Crippen molar-refractivity contribution in [2.24, 2.45) is 0 Å². The molecule has 0 atom stereocenters. The molecule has 4 nitrogen and oxygen atoms in total.